The average Bonchev–Trinajstić information content (AvgIpc) is 3.10. The van der Waals surface area contributed by atoms with Crippen molar-refractivity contribution in [2.24, 2.45) is 7.05 Å². The van der Waals surface area contributed by atoms with Crippen molar-refractivity contribution in [2.45, 2.75) is 27.2 Å². The highest BCUT2D eigenvalue weighted by Gasteiger charge is 2.28. The molecule has 2 heterocycles. The number of halogens is 1. The van der Waals surface area contributed by atoms with Crippen LogP contribution in [0.25, 0.3) is 0 Å². The molecule has 0 aliphatic carbocycles. The van der Waals surface area contributed by atoms with E-state index in [9.17, 15) is 14.4 Å². The van der Waals surface area contributed by atoms with Crippen LogP contribution in [-0.4, -0.2) is 53.2 Å². The number of esters is 1. The Kier molecular flexibility index (Phi) is 6.84. The lowest BCUT2D eigenvalue weighted by Gasteiger charge is -2.09. The van der Waals surface area contributed by atoms with Crippen LogP contribution in [-0.2, 0) is 11.8 Å². The lowest BCUT2D eigenvalue weighted by atomic mass is 10.1. The van der Waals surface area contributed by atoms with Crippen molar-refractivity contribution in [3.63, 3.8) is 0 Å². The molecule has 0 saturated heterocycles. The van der Waals surface area contributed by atoms with E-state index in [0.29, 0.717) is 22.6 Å². The van der Waals surface area contributed by atoms with Gasteiger partial charge >= 0.3 is 5.97 Å². The van der Waals surface area contributed by atoms with Crippen LogP contribution in [0.2, 0.25) is 5.02 Å². The quantitative estimate of drug-likeness (QED) is 0.715. The molecule has 152 valence electrons. The van der Waals surface area contributed by atoms with Gasteiger partial charge in [-0.25, -0.2) is 4.79 Å². The Morgan fingerprint density at radius 3 is 2.43 bits per heavy atom. The zero-order valence-electron chi connectivity index (χ0n) is 16.7. The maximum absolute atomic E-state index is 12.7. The van der Waals surface area contributed by atoms with Crippen LogP contribution in [0.4, 0.5) is 5.00 Å². The summed E-state index contributed by atoms with van der Waals surface area (Å²) in [4.78, 5) is 39.5. The molecule has 2 amide bonds. The third-order valence-corrected chi connectivity index (χ3v) is 5.74. The number of carbonyl (C=O) groups is 3. The lowest BCUT2D eigenvalue weighted by Crippen LogP contribution is -2.21. The van der Waals surface area contributed by atoms with E-state index >= 15 is 0 Å². The number of thiophene rings is 1. The second-order valence-corrected chi connectivity index (χ2v) is 7.82. The number of amides is 2. The van der Waals surface area contributed by atoms with Gasteiger partial charge in [-0.1, -0.05) is 18.5 Å². The molecule has 0 aliphatic heterocycles. The van der Waals surface area contributed by atoms with Crippen LogP contribution in [0.15, 0.2) is 0 Å². The van der Waals surface area contributed by atoms with E-state index < -0.39 is 11.9 Å². The second-order valence-electron chi connectivity index (χ2n) is 6.42. The topological polar surface area (TPSA) is 93.5 Å². The van der Waals surface area contributed by atoms with Crippen LogP contribution < -0.4 is 5.32 Å². The van der Waals surface area contributed by atoms with Gasteiger partial charge in [0.2, 0.25) is 0 Å². The summed E-state index contributed by atoms with van der Waals surface area (Å²) >= 11 is 7.20. The molecule has 2 rings (SSSR count). The molecule has 8 nitrogen and oxygen atoms in total. The van der Waals surface area contributed by atoms with Gasteiger partial charge in [-0.15, -0.1) is 11.3 Å². The Hall–Kier alpha value is -2.39. The van der Waals surface area contributed by atoms with E-state index in [4.69, 9.17) is 16.3 Å². The summed E-state index contributed by atoms with van der Waals surface area (Å²) in [6.45, 7) is 5.51. The Morgan fingerprint density at radius 1 is 1.29 bits per heavy atom. The smallest absolute Gasteiger partial charge is 0.341 e. The van der Waals surface area contributed by atoms with E-state index in [-0.39, 0.29) is 33.8 Å². The number of aromatic nitrogens is 2. The maximum Gasteiger partial charge on any atom is 0.341 e. The Balaban J connectivity index is 2.47. The third kappa shape index (κ3) is 4.20. The summed E-state index contributed by atoms with van der Waals surface area (Å²) in [5.41, 5.74) is 1.31. The van der Waals surface area contributed by atoms with Crippen molar-refractivity contribution >= 4 is 45.7 Å². The molecule has 1 N–H and O–H groups in total. The summed E-state index contributed by atoms with van der Waals surface area (Å²) in [6, 6.07) is 0. The van der Waals surface area contributed by atoms with Crippen molar-refractivity contribution in [2.75, 3.05) is 26.0 Å². The number of nitrogens with one attached hydrogen (secondary N) is 1. The molecule has 10 heteroatoms. The van der Waals surface area contributed by atoms with Crippen LogP contribution in [0.1, 0.15) is 55.1 Å². The zero-order valence-corrected chi connectivity index (χ0v) is 18.2. The number of hydrogen-bond donors (Lipinski definition) is 1. The number of ether oxygens (including phenoxy) is 1. The molecule has 2 aromatic heterocycles. The zero-order chi connectivity index (χ0) is 21.2. The largest absolute Gasteiger partial charge is 0.462 e. The van der Waals surface area contributed by atoms with Crippen molar-refractivity contribution < 1.29 is 19.1 Å². The van der Waals surface area contributed by atoms with Gasteiger partial charge in [0.15, 0.2) is 5.69 Å². The first kappa shape index (κ1) is 21.9. The highest BCUT2D eigenvalue weighted by Crippen LogP contribution is 2.35. The summed E-state index contributed by atoms with van der Waals surface area (Å²) in [6.07, 6.45) is 0.656. The van der Waals surface area contributed by atoms with E-state index in [2.05, 4.69) is 10.4 Å². The fourth-order valence-corrected chi connectivity index (χ4v) is 3.87. The Morgan fingerprint density at radius 2 is 1.93 bits per heavy atom. The number of rotatable bonds is 6. The van der Waals surface area contributed by atoms with Crippen LogP contribution in [0, 0.1) is 13.8 Å². The molecule has 0 radical (unpaired) electrons. The molecular weight excluding hydrogens is 404 g/mol. The Bertz CT molecular complexity index is 933. The van der Waals surface area contributed by atoms with E-state index in [1.165, 1.54) is 9.58 Å². The summed E-state index contributed by atoms with van der Waals surface area (Å²) < 4.78 is 6.73. The van der Waals surface area contributed by atoms with Crippen LogP contribution in [0.3, 0.4) is 0 Å². The van der Waals surface area contributed by atoms with Gasteiger partial charge in [0.25, 0.3) is 11.8 Å². The van der Waals surface area contributed by atoms with Crippen molar-refractivity contribution in [1.82, 2.24) is 14.7 Å². The van der Waals surface area contributed by atoms with Gasteiger partial charge in [0.05, 0.1) is 27.8 Å². The second kappa shape index (κ2) is 8.74. The third-order valence-electron chi connectivity index (χ3n) is 4.09. The highest BCUT2D eigenvalue weighted by molar-refractivity contribution is 7.18. The van der Waals surface area contributed by atoms with Gasteiger partial charge < -0.3 is 15.0 Å². The molecular formula is C18H23ClN4O4S. The van der Waals surface area contributed by atoms with Gasteiger partial charge in [-0.3, -0.25) is 14.3 Å². The van der Waals surface area contributed by atoms with Gasteiger partial charge in [-0.05, 0) is 25.8 Å². The van der Waals surface area contributed by atoms with Gasteiger partial charge in [-0.2, -0.15) is 5.10 Å². The molecule has 28 heavy (non-hydrogen) atoms. The molecule has 0 aliphatic rings. The molecule has 0 bridgehead atoms. The average molecular weight is 427 g/mol. The lowest BCUT2D eigenvalue weighted by molar-refractivity contribution is 0.0506. The summed E-state index contributed by atoms with van der Waals surface area (Å²) in [5, 5.41) is 7.24. The van der Waals surface area contributed by atoms with E-state index in [1.807, 2.05) is 6.92 Å². The number of aryl methyl sites for hydroxylation is 1. The number of nitrogens with zero attached hydrogens (tertiary/aromatic N) is 3. The monoisotopic (exact) mass is 426 g/mol. The molecule has 0 saturated carbocycles. The van der Waals surface area contributed by atoms with Crippen molar-refractivity contribution in [1.29, 1.82) is 0 Å². The van der Waals surface area contributed by atoms with Crippen LogP contribution >= 0.6 is 22.9 Å². The first-order valence-corrected chi connectivity index (χ1v) is 9.82. The fraction of sp³-hybridized carbons (Fsp3) is 0.444. The summed E-state index contributed by atoms with van der Waals surface area (Å²) in [7, 11) is 4.91. The first-order valence-electron chi connectivity index (χ1n) is 8.62. The minimum atomic E-state index is -0.591. The Labute approximate surface area is 172 Å². The van der Waals surface area contributed by atoms with Gasteiger partial charge in [0.1, 0.15) is 5.00 Å². The van der Waals surface area contributed by atoms with Crippen LogP contribution in [0.5, 0.6) is 0 Å². The predicted molar refractivity (Wildman–Crippen MR) is 109 cm³/mol. The molecule has 2 aromatic rings. The highest BCUT2D eigenvalue weighted by atomic mass is 35.5. The van der Waals surface area contributed by atoms with E-state index in [0.717, 1.165) is 11.3 Å². The van der Waals surface area contributed by atoms with E-state index in [1.54, 1.807) is 35.0 Å². The normalized spacial score (nSPS) is 10.7. The molecule has 0 fully saturated rings. The standard InChI is InChI=1S/C18H23ClN4O4S/c1-7-8-27-18(26)11-9(2)14(17(25)22(4)5)28-16(11)20-15(24)13-12(19)10(3)23(6)21-13/h7-8H2,1-6H3,(H,20,24). The number of hydrogen-bond acceptors (Lipinski definition) is 6. The molecule has 0 atom stereocenters. The minimum absolute atomic E-state index is 0.0427. The summed E-state index contributed by atoms with van der Waals surface area (Å²) in [5.74, 6) is -1.42. The number of anilines is 1. The first-order chi connectivity index (χ1) is 13.1. The van der Waals surface area contributed by atoms with Gasteiger partial charge in [0, 0.05) is 21.1 Å². The minimum Gasteiger partial charge on any atom is -0.462 e. The molecule has 0 spiro atoms. The van der Waals surface area contributed by atoms with Crippen molar-refractivity contribution in [3.8, 4) is 0 Å². The SMILES string of the molecule is CCCOC(=O)c1c(NC(=O)c2nn(C)c(C)c2Cl)sc(C(=O)N(C)C)c1C. The number of carbonyl (C=O) groups excluding carboxylic acids is 3. The van der Waals surface area contributed by atoms with Crippen molar-refractivity contribution in [3.05, 3.63) is 32.4 Å². The molecule has 0 unspecified atom stereocenters. The predicted octanol–water partition coefficient (Wildman–Crippen LogP) is 3.27. The molecule has 0 aromatic carbocycles. The fourth-order valence-electron chi connectivity index (χ4n) is 2.41. The maximum atomic E-state index is 12.7.